The molecule has 1 aromatic carbocycles. The van der Waals surface area contributed by atoms with E-state index in [9.17, 15) is 0 Å². The van der Waals surface area contributed by atoms with E-state index in [2.05, 4.69) is 54.4 Å². The van der Waals surface area contributed by atoms with Crippen LogP contribution in [-0.4, -0.2) is 34.1 Å². The second-order valence-electron chi connectivity index (χ2n) is 6.30. The summed E-state index contributed by atoms with van der Waals surface area (Å²) in [7, 11) is 1.79. The van der Waals surface area contributed by atoms with Crippen LogP contribution in [0.25, 0.3) is 0 Å². The van der Waals surface area contributed by atoms with Gasteiger partial charge in [0.25, 0.3) is 0 Å². The second-order valence-corrected chi connectivity index (χ2v) is 7.59. The number of aryl methyl sites for hydroxylation is 2. The first-order valence-electron chi connectivity index (χ1n) is 9.07. The molecule has 0 saturated carbocycles. The van der Waals surface area contributed by atoms with Crippen LogP contribution in [0.2, 0.25) is 0 Å². The lowest BCUT2D eigenvalue weighted by molar-refractivity contribution is 0.694. The summed E-state index contributed by atoms with van der Waals surface area (Å²) in [6.07, 6.45) is 4.73. The molecule has 0 aliphatic heterocycles. The number of thiazole rings is 1. The second kappa shape index (κ2) is 9.32. The normalized spacial score (nSPS) is 11.6. The molecule has 3 rings (SSSR count). The van der Waals surface area contributed by atoms with Crippen molar-refractivity contribution in [3.63, 3.8) is 0 Å². The Morgan fingerprint density at radius 1 is 1.19 bits per heavy atom. The van der Waals surface area contributed by atoms with E-state index in [1.54, 1.807) is 18.4 Å². The van der Waals surface area contributed by atoms with Gasteiger partial charge in [0, 0.05) is 43.8 Å². The van der Waals surface area contributed by atoms with Gasteiger partial charge in [0.15, 0.2) is 5.96 Å². The fraction of sp³-hybridized carbons (Fsp3) is 0.350. The Balaban J connectivity index is 1.49. The largest absolute Gasteiger partial charge is 0.356 e. The van der Waals surface area contributed by atoms with E-state index in [0.29, 0.717) is 0 Å². The highest BCUT2D eigenvalue weighted by Crippen LogP contribution is 2.16. The molecule has 27 heavy (non-hydrogen) atoms. The molecule has 2 aromatic heterocycles. The Morgan fingerprint density at radius 3 is 2.70 bits per heavy atom. The molecule has 0 aliphatic rings. The van der Waals surface area contributed by atoms with Crippen molar-refractivity contribution in [2.45, 2.75) is 33.4 Å². The van der Waals surface area contributed by atoms with Gasteiger partial charge in [0.2, 0.25) is 0 Å². The van der Waals surface area contributed by atoms with Crippen LogP contribution in [-0.2, 0) is 19.5 Å². The number of hydrogen-bond donors (Lipinski definition) is 2. The van der Waals surface area contributed by atoms with Crippen LogP contribution in [0, 0.1) is 13.8 Å². The highest BCUT2D eigenvalue weighted by atomic mass is 32.1. The van der Waals surface area contributed by atoms with Gasteiger partial charge in [-0.1, -0.05) is 30.3 Å². The Morgan fingerprint density at radius 2 is 2.00 bits per heavy atom. The number of guanidine groups is 1. The van der Waals surface area contributed by atoms with Crippen molar-refractivity contribution in [1.82, 2.24) is 25.2 Å². The standard InChI is InChI=1S/C20H26N6S/c1-15-18(27-16(2)25-15)13-24-20(21-3)23-10-9-19-22-11-12-26(19)14-17-7-5-4-6-8-17/h4-8,11-12H,9-10,13-14H2,1-3H3,(H2,21,23,24). The van der Waals surface area contributed by atoms with Crippen LogP contribution >= 0.6 is 11.3 Å². The first-order chi connectivity index (χ1) is 13.2. The highest BCUT2D eigenvalue weighted by Gasteiger charge is 2.07. The lowest BCUT2D eigenvalue weighted by Gasteiger charge is -2.12. The third-order valence-corrected chi connectivity index (χ3v) is 5.35. The van der Waals surface area contributed by atoms with E-state index in [-0.39, 0.29) is 0 Å². The Labute approximate surface area is 164 Å². The van der Waals surface area contributed by atoms with Crippen molar-refractivity contribution in [2.75, 3.05) is 13.6 Å². The Kier molecular flexibility index (Phi) is 6.59. The number of aromatic nitrogens is 3. The summed E-state index contributed by atoms with van der Waals surface area (Å²) >= 11 is 1.72. The first kappa shape index (κ1) is 19.1. The van der Waals surface area contributed by atoms with Gasteiger partial charge in [-0.3, -0.25) is 4.99 Å². The molecule has 7 heteroatoms. The van der Waals surface area contributed by atoms with Gasteiger partial charge in [-0.25, -0.2) is 9.97 Å². The van der Waals surface area contributed by atoms with Gasteiger partial charge in [-0.2, -0.15) is 0 Å². The van der Waals surface area contributed by atoms with Crippen molar-refractivity contribution in [1.29, 1.82) is 0 Å². The van der Waals surface area contributed by atoms with Crippen LogP contribution in [0.1, 0.15) is 27.0 Å². The topological polar surface area (TPSA) is 67.1 Å². The Bertz CT molecular complexity index is 881. The van der Waals surface area contributed by atoms with Crippen molar-refractivity contribution in [3.05, 3.63) is 69.7 Å². The molecule has 0 bridgehead atoms. The van der Waals surface area contributed by atoms with E-state index in [1.165, 1.54) is 10.4 Å². The van der Waals surface area contributed by atoms with Crippen LogP contribution in [0.3, 0.4) is 0 Å². The van der Waals surface area contributed by atoms with Crippen LogP contribution in [0.5, 0.6) is 0 Å². The summed E-state index contributed by atoms with van der Waals surface area (Å²) in [5.74, 6) is 1.86. The molecular weight excluding hydrogens is 356 g/mol. The molecule has 0 aliphatic carbocycles. The van der Waals surface area contributed by atoms with E-state index in [1.807, 2.05) is 32.3 Å². The lowest BCUT2D eigenvalue weighted by atomic mass is 10.2. The average Bonchev–Trinajstić information content (AvgIpc) is 3.24. The van der Waals surface area contributed by atoms with E-state index >= 15 is 0 Å². The van der Waals surface area contributed by atoms with Gasteiger partial charge >= 0.3 is 0 Å². The summed E-state index contributed by atoms with van der Waals surface area (Å²) in [6.45, 7) is 6.42. The van der Waals surface area contributed by atoms with Gasteiger partial charge < -0.3 is 15.2 Å². The minimum absolute atomic E-state index is 0.736. The molecule has 0 spiro atoms. The molecule has 2 N–H and O–H groups in total. The molecular formula is C20H26N6S. The molecule has 6 nitrogen and oxygen atoms in total. The summed E-state index contributed by atoms with van der Waals surface area (Å²) in [6, 6.07) is 10.4. The monoisotopic (exact) mass is 382 g/mol. The maximum absolute atomic E-state index is 4.50. The number of aliphatic imine (C=N–C) groups is 1. The smallest absolute Gasteiger partial charge is 0.191 e. The van der Waals surface area contributed by atoms with Crippen LogP contribution in [0.4, 0.5) is 0 Å². The molecule has 0 saturated heterocycles. The summed E-state index contributed by atoms with van der Waals surface area (Å²) < 4.78 is 2.19. The third kappa shape index (κ3) is 5.40. The summed E-state index contributed by atoms with van der Waals surface area (Å²) in [4.78, 5) is 14.5. The van der Waals surface area contributed by atoms with Crippen molar-refractivity contribution >= 4 is 17.3 Å². The zero-order valence-corrected chi connectivity index (χ0v) is 16.9. The molecule has 142 valence electrons. The van der Waals surface area contributed by atoms with E-state index in [0.717, 1.165) is 48.5 Å². The number of imidazole rings is 1. The zero-order valence-electron chi connectivity index (χ0n) is 16.1. The minimum atomic E-state index is 0.736. The minimum Gasteiger partial charge on any atom is -0.356 e. The number of nitrogens with zero attached hydrogens (tertiary/aromatic N) is 4. The summed E-state index contributed by atoms with van der Waals surface area (Å²) in [5, 5.41) is 7.82. The van der Waals surface area contributed by atoms with Crippen molar-refractivity contribution in [2.24, 2.45) is 4.99 Å². The molecule has 0 radical (unpaired) electrons. The molecule has 0 amide bonds. The molecule has 0 fully saturated rings. The predicted octanol–water partition coefficient (Wildman–Crippen LogP) is 2.91. The molecule has 3 aromatic rings. The maximum atomic E-state index is 4.50. The van der Waals surface area contributed by atoms with E-state index in [4.69, 9.17) is 0 Å². The van der Waals surface area contributed by atoms with Gasteiger partial charge in [-0.15, -0.1) is 11.3 Å². The lowest BCUT2D eigenvalue weighted by Crippen LogP contribution is -2.38. The van der Waals surface area contributed by atoms with Crippen molar-refractivity contribution in [3.8, 4) is 0 Å². The maximum Gasteiger partial charge on any atom is 0.191 e. The van der Waals surface area contributed by atoms with Crippen LogP contribution in [0.15, 0.2) is 47.7 Å². The third-order valence-electron chi connectivity index (χ3n) is 4.28. The summed E-state index contributed by atoms with van der Waals surface area (Å²) in [5.41, 5.74) is 2.36. The van der Waals surface area contributed by atoms with Gasteiger partial charge in [0.05, 0.1) is 17.2 Å². The van der Waals surface area contributed by atoms with E-state index < -0.39 is 0 Å². The fourth-order valence-corrected chi connectivity index (χ4v) is 3.78. The number of nitrogens with one attached hydrogen (secondary N) is 2. The quantitative estimate of drug-likeness (QED) is 0.487. The number of rotatable bonds is 7. The van der Waals surface area contributed by atoms with Crippen molar-refractivity contribution < 1.29 is 0 Å². The molecule has 0 unspecified atom stereocenters. The predicted molar refractivity (Wildman–Crippen MR) is 111 cm³/mol. The Hall–Kier alpha value is -2.67. The number of benzene rings is 1. The zero-order chi connectivity index (χ0) is 19.1. The first-order valence-corrected chi connectivity index (χ1v) is 9.88. The SMILES string of the molecule is CN=C(NCCc1nccn1Cc1ccccc1)NCc1sc(C)nc1C. The van der Waals surface area contributed by atoms with Gasteiger partial charge in [0.1, 0.15) is 5.82 Å². The van der Waals surface area contributed by atoms with Gasteiger partial charge in [-0.05, 0) is 19.4 Å². The highest BCUT2D eigenvalue weighted by molar-refractivity contribution is 7.11. The average molecular weight is 383 g/mol. The number of hydrogen-bond acceptors (Lipinski definition) is 4. The van der Waals surface area contributed by atoms with Crippen LogP contribution < -0.4 is 10.6 Å². The molecule has 0 atom stereocenters. The fourth-order valence-electron chi connectivity index (χ4n) is 2.91. The molecule has 2 heterocycles.